The largest absolute Gasteiger partial charge is 0.368 e. The van der Waals surface area contributed by atoms with Crippen LogP contribution in [0.4, 0.5) is 5.69 Å². The van der Waals surface area contributed by atoms with Crippen molar-refractivity contribution in [3.8, 4) is 6.07 Å². The van der Waals surface area contributed by atoms with E-state index in [1.165, 1.54) is 12.1 Å². The molecule has 0 saturated carbocycles. The highest BCUT2D eigenvalue weighted by atomic mass is 16.6. The van der Waals surface area contributed by atoms with Crippen molar-refractivity contribution in [3.63, 3.8) is 0 Å². The summed E-state index contributed by atoms with van der Waals surface area (Å²) < 4.78 is 0. The Morgan fingerprint density at radius 3 is 2.88 bits per heavy atom. The lowest BCUT2D eigenvalue weighted by atomic mass is 10.1. The second kappa shape index (κ2) is 3.98. The van der Waals surface area contributed by atoms with Crippen LogP contribution in [0.3, 0.4) is 0 Å². The van der Waals surface area contributed by atoms with Crippen molar-refractivity contribution >= 4 is 11.5 Å². The molecule has 0 bridgehead atoms. The molecule has 0 radical (unpaired) electrons. The Kier molecular flexibility index (Phi) is 2.52. The molecule has 0 saturated heterocycles. The molecular weight excluding hydrogens is 208 g/mol. The Morgan fingerprint density at radius 2 is 2.31 bits per heavy atom. The Labute approximate surface area is 91.4 Å². The maximum absolute atomic E-state index is 10.7. The number of nitrogens with zero attached hydrogens (tertiary/aromatic N) is 3. The fraction of sp³-hybridized carbons (Fsp3) is 0.200. The van der Waals surface area contributed by atoms with Crippen LogP contribution in [-0.4, -0.2) is 23.8 Å². The van der Waals surface area contributed by atoms with Gasteiger partial charge in [0.15, 0.2) is 0 Å². The summed E-state index contributed by atoms with van der Waals surface area (Å²) in [7, 11) is 0. The summed E-state index contributed by atoms with van der Waals surface area (Å²) >= 11 is 0. The molecule has 1 aliphatic rings. The van der Waals surface area contributed by atoms with E-state index >= 15 is 0 Å². The van der Waals surface area contributed by atoms with Crippen LogP contribution in [-0.2, 0) is 0 Å². The van der Waals surface area contributed by atoms with Gasteiger partial charge in [-0.3, -0.25) is 15.1 Å². The molecule has 0 fully saturated rings. The van der Waals surface area contributed by atoms with E-state index in [-0.39, 0.29) is 11.3 Å². The van der Waals surface area contributed by atoms with Crippen molar-refractivity contribution < 1.29 is 4.92 Å². The molecular formula is C10H8N4O2. The van der Waals surface area contributed by atoms with E-state index in [9.17, 15) is 10.1 Å². The van der Waals surface area contributed by atoms with Crippen LogP contribution in [0.2, 0.25) is 0 Å². The Morgan fingerprint density at radius 1 is 1.50 bits per heavy atom. The Hall–Kier alpha value is -2.42. The molecule has 0 atom stereocenters. The first-order valence-electron chi connectivity index (χ1n) is 4.69. The predicted molar refractivity (Wildman–Crippen MR) is 57.2 cm³/mol. The maximum Gasteiger partial charge on any atom is 0.271 e. The number of amidine groups is 1. The van der Waals surface area contributed by atoms with Gasteiger partial charge in [0, 0.05) is 24.2 Å². The summed E-state index contributed by atoms with van der Waals surface area (Å²) in [6.45, 7) is 1.37. The SMILES string of the molecule is N#Cc1cc(C2=NCCN2)cc([N+](=O)[O-])c1. The van der Waals surface area contributed by atoms with Gasteiger partial charge in [0.1, 0.15) is 5.84 Å². The second-order valence-electron chi connectivity index (χ2n) is 3.29. The van der Waals surface area contributed by atoms with E-state index in [1.807, 2.05) is 6.07 Å². The normalized spacial score (nSPS) is 13.8. The molecule has 1 aliphatic heterocycles. The summed E-state index contributed by atoms with van der Waals surface area (Å²) in [6, 6.07) is 6.15. The lowest BCUT2D eigenvalue weighted by Gasteiger charge is -2.02. The minimum absolute atomic E-state index is 0.0922. The molecule has 6 heteroatoms. The number of nitrogens with one attached hydrogen (secondary N) is 1. The lowest BCUT2D eigenvalue weighted by Crippen LogP contribution is -2.19. The fourth-order valence-corrected chi connectivity index (χ4v) is 1.51. The molecule has 80 valence electrons. The third-order valence-electron chi connectivity index (χ3n) is 2.21. The van der Waals surface area contributed by atoms with Gasteiger partial charge in [0.05, 0.1) is 23.1 Å². The van der Waals surface area contributed by atoms with Gasteiger partial charge in [-0.15, -0.1) is 0 Å². The zero-order chi connectivity index (χ0) is 11.5. The summed E-state index contributed by atoms with van der Waals surface area (Å²) in [5.41, 5.74) is 0.759. The minimum atomic E-state index is -0.514. The molecule has 1 heterocycles. The van der Waals surface area contributed by atoms with Gasteiger partial charge < -0.3 is 5.32 Å². The summed E-state index contributed by atoms with van der Waals surface area (Å²) in [5, 5.41) is 22.5. The standard InChI is InChI=1S/C10H8N4O2/c11-6-7-3-8(10-12-1-2-13-10)5-9(4-7)14(15)16/h3-5H,1-2H2,(H,12,13). The highest BCUT2D eigenvalue weighted by molar-refractivity contribution is 6.00. The molecule has 0 unspecified atom stereocenters. The van der Waals surface area contributed by atoms with Crippen LogP contribution in [0.15, 0.2) is 23.2 Å². The topological polar surface area (TPSA) is 91.3 Å². The number of nitriles is 1. The van der Waals surface area contributed by atoms with E-state index in [0.717, 1.165) is 6.54 Å². The summed E-state index contributed by atoms with van der Waals surface area (Å²) in [4.78, 5) is 14.3. The number of nitro groups is 1. The van der Waals surface area contributed by atoms with Gasteiger partial charge in [-0.1, -0.05) is 0 Å². The van der Waals surface area contributed by atoms with Crippen LogP contribution in [0, 0.1) is 21.4 Å². The Balaban J connectivity index is 2.49. The van der Waals surface area contributed by atoms with Crippen LogP contribution in [0.5, 0.6) is 0 Å². The summed E-state index contributed by atoms with van der Waals surface area (Å²) in [5.74, 6) is 0.611. The third kappa shape index (κ3) is 1.83. The molecule has 0 aliphatic carbocycles. The molecule has 6 nitrogen and oxygen atoms in total. The van der Waals surface area contributed by atoms with E-state index in [0.29, 0.717) is 17.9 Å². The number of nitro benzene ring substituents is 1. The molecule has 1 N–H and O–H groups in total. The monoisotopic (exact) mass is 216 g/mol. The minimum Gasteiger partial charge on any atom is -0.368 e. The fourth-order valence-electron chi connectivity index (χ4n) is 1.51. The van der Waals surface area contributed by atoms with Crippen LogP contribution < -0.4 is 5.32 Å². The van der Waals surface area contributed by atoms with Gasteiger partial charge in [-0.05, 0) is 6.07 Å². The number of hydrogen-bond donors (Lipinski definition) is 1. The Bertz CT molecular complexity index is 516. The lowest BCUT2D eigenvalue weighted by molar-refractivity contribution is -0.384. The average molecular weight is 216 g/mol. The number of hydrogen-bond acceptors (Lipinski definition) is 5. The molecule has 1 aromatic carbocycles. The predicted octanol–water partition coefficient (Wildman–Crippen LogP) is 0.816. The molecule has 1 aromatic rings. The van der Waals surface area contributed by atoms with Crippen molar-refractivity contribution in [2.75, 3.05) is 13.1 Å². The number of non-ortho nitro benzene ring substituents is 1. The average Bonchev–Trinajstić information content (AvgIpc) is 2.81. The number of rotatable bonds is 2. The van der Waals surface area contributed by atoms with Crippen molar-refractivity contribution in [1.29, 1.82) is 5.26 Å². The third-order valence-corrected chi connectivity index (χ3v) is 2.21. The van der Waals surface area contributed by atoms with Crippen molar-refractivity contribution in [1.82, 2.24) is 5.32 Å². The molecule has 0 aromatic heterocycles. The number of benzene rings is 1. The van der Waals surface area contributed by atoms with Crippen molar-refractivity contribution in [3.05, 3.63) is 39.4 Å². The maximum atomic E-state index is 10.7. The van der Waals surface area contributed by atoms with E-state index < -0.39 is 4.92 Å². The zero-order valence-corrected chi connectivity index (χ0v) is 8.30. The molecule has 16 heavy (non-hydrogen) atoms. The van der Waals surface area contributed by atoms with Gasteiger partial charge in [0.2, 0.25) is 0 Å². The van der Waals surface area contributed by atoms with E-state index in [4.69, 9.17) is 5.26 Å². The van der Waals surface area contributed by atoms with Gasteiger partial charge in [-0.2, -0.15) is 5.26 Å². The van der Waals surface area contributed by atoms with E-state index in [2.05, 4.69) is 10.3 Å². The summed E-state index contributed by atoms with van der Waals surface area (Å²) in [6.07, 6.45) is 0. The van der Waals surface area contributed by atoms with Gasteiger partial charge in [-0.25, -0.2) is 0 Å². The van der Waals surface area contributed by atoms with Crippen molar-refractivity contribution in [2.45, 2.75) is 0 Å². The first-order chi connectivity index (χ1) is 7.70. The molecule has 0 spiro atoms. The smallest absolute Gasteiger partial charge is 0.271 e. The van der Waals surface area contributed by atoms with Gasteiger partial charge in [0.25, 0.3) is 5.69 Å². The van der Waals surface area contributed by atoms with Crippen molar-refractivity contribution in [2.24, 2.45) is 4.99 Å². The van der Waals surface area contributed by atoms with Crippen LogP contribution in [0.25, 0.3) is 0 Å². The first kappa shape index (κ1) is 10.1. The van der Waals surface area contributed by atoms with Crippen LogP contribution >= 0.6 is 0 Å². The highest BCUT2D eigenvalue weighted by Crippen LogP contribution is 2.17. The van der Waals surface area contributed by atoms with Gasteiger partial charge >= 0.3 is 0 Å². The van der Waals surface area contributed by atoms with E-state index in [1.54, 1.807) is 6.07 Å². The highest BCUT2D eigenvalue weighted by Gasteiger charge is 2.14. The van der Waals surface area contributed by atoms with Crippen LogP contribution in [0.1, 0.15) is 11.1 Å². The first-order valence-corrected chi connectivity index (χ1v) is 4.69. The quantitative estimate of drug-likeness (QED) is 0.585. The molecule has 2 rings (SSSR count). The zero-order valence-electron chi connectivity index (χ0n) is 8.30. The second-order valence-corrected chi connectivity index (χ2v) is 3.29. The number of aliphatic imine (C=N–C) groups is 1. The molecule has 0 amide bonds.